The third kappa shape index (κ3) is 3.60. The van der Waals surface area contributed by atoms with Crippen molar-refractivity contribution < 1.29 is 4.79 Å². The zero-order valence-electron chi connectivity index (χ0n) is 7.55. The molecular formula is C9H10N4O. The highest BCUT2D eigenvalue weighted by atomic mass is 16.1. The molecule has 0 fully saturated rings. The maximum Gasteiger partial charge on any atom is 0.226 e. The predicted octanol–water partition coefficient (Wildman–Crippen LogP) is 1.61. The summed E-state index contributed by atoms with van der Waals surface area (Å²) in [6.45, 7) is 0.309. The number of carbonyl (C=O) groups is 1. The largest absolute Gasteiger partial charge is 0.352 e. The Morgan fingerprint density at radius 1 is 1.43 bits per heavy atom. The molecule has 0 spiro atoms. The standard InChI is InChI=1S/C9H10N4O/c10-13-12-7-9(14)11-6-8-4-2-1-3-5-8/h1-5H,6-7H2,(H,11,14). The average Bonchev–Trinajstić information content (AvgIpc) is 2.25. The summed E-state index contributed by atoms with van der Waals surface area (Å²) in [5.74, 6) is -0.272. The summed E-state index contributed by atoms with van der Waals surface area (Å²) in [7, 11) is 0. The number of hydrogen-bond acceptors (Lipinski definition) is 2. The minimum absolute atomic E-state index is 0.149. The van der Waals surface area contributed by atoms with E-state index in [9.17, 15) is 4.79 Å². The van der Waals surface area contributed by atoms with Gasteiger partial charge in [-0.05, 0) is 11.1 Å². The van der Waals surface area contributed by atoms with E-state index in [4.69, 9.17) is 5.53 Å². The van der Waals surface area contributed by atoms with Gasteiger partial charge in [0.05, 0.1) is 0 Å². The number of azide groups is 1. The normalized spacial score (nSPS) is 8.86. The lowest BCUT2D eigenvalue weighted by molar-refractivity contribution is -0.119. The number of nitrogens with one attached hydrogen (secondary N) is 1. The van der Waals surface area contributed by atoms with E-state index in [2.05, 4.69) is 15.3 Å². The Morgan fingerprint density at radius 2 is 2.14 bits per heavy atom. The van der Waals surface area contributed by atoms with Crippen LogP contribution < -0.4 is 5.32 Å². The summed E-state index contributed by atoms with van der Waals surface area (Å²) < 4.78 is 0. The second-order valence-corrected chi connectivity index (χ2v) is 2.65. The van der Waals surface area contributed by atoms with E-state index in [1.54, 1.807) is 0 Å². The minimum atomic E-state index is -0.272. The van der Waals surface area contributed by atoms with Crippen molar-refractivity contribution in [2.75, 3.05) is 6.54 Å². The molecule has 1 rings (SSSR count). The van der Waals surface area contributed by atoms with Crippen LogP contribution in [0.1, 0.15) is 5.56 Å². The molecule has 0 atom stereocenters. The Balaban J connectivity index is 2.34. The molecule has 0 unspecified atom stereocenters. The Kier molecular flexibility index (Phi) is 4.04. The molecule has 0 aliphatic carbocycles. The van der Waals surface area contributed by atoms with Crippen molar-refractivity contribution in [1.82, 2.24) is 5.32 Å². The van der Waals surface area contributed by atoms with Crippen molar-refractivity contribution in [2.24, 2.45) is 5.11 Å². The van der Waals surface area contributed by atoms with Crippen molar-refractivity contribution in [3.63, 3.8) is 0 Å². The van der Waals surface area contributed by atoms with Crippen LogP contribution in [-0.2, 0) is 11.3 Å². The first-order valence-corrected chi connectivity index (χ1v) is 4.14. The molecular weight excluding hydrogens is 180 g/mol. The van der Waals surface area contributed by atoms with Gasteiger partial charge in [-0.25, -0.2) is 0 Å². The molecule has 0 saturated carbocycles. The summed E-state index contributed by atoms with van der Waals surface area (Å²) >= 11 is 0. The first kappa shape index (κ1) is 10.1. The van der Waals surface area contributed by atoms with E-state index in [-0.39, 0.29) is 12.5 Å². The monoisotopic (exact) mass is 190 g/mol. The molecule has 0 aliphatic heterocycles. The third-order valence-electron chi connectivity index (χ3n) is 1.61. The third-order valence-corrected chi connectivity index (χ3v) is 1.61. The molecule has 0 radical (unpaired) electrons. The SMILES string of the molecule is [N-]=[N+]=NCC(=O)NCc1ccccc1. The molecule has 5 nitrogen and oxygen atoms in total. The highest BCUT2D eigenvalue weighted by Gasteiger charge is 1.97. The number of amides is 1. The van der Waals surface area contributed by atoms with Crippen molar-refractivity contribution >= 4 is 5.91 Å². The summed E-state index contributed by atoms with van der Waals surface area (Å²) in [6, 6.07) is 9.52. The number of hydrogen-bond donors (Lipinski definition) is 1. The zero-order valence-corrected chi connectivity index (χ0v) is 7.55. The second kappa shape index (κ2) is 5.61. The zero-order chi connectivity index (χ0) is 10.2. The summed E-state index contributed by atoms with van der Waals surface area (Å²) in [5, 5.41) is 5.78. The maximum atomic E-state index is 11.0. The van der Waals surface area contributed by atoms with Crippen LogP contribution in [0.3, 0.4) is 0 Å². The Bertz CT molecular complexity index is 343. The fourth-order valence-corrected chi connectivity index (χ4v) is 0.948. The van der Waals surface area contributed by atoms with Crippen molar-refractivity contribution in [2.45, 2.75) is 6.54 Å². The van der Waals surface area contributed by atoms with Crippen LogP contribution in [0.2, 0.25) is 0 Å². The van der Waals surface area contributed by atoms with Crippen LogP contribution >= 0.6 is 0 Å². The van der Waals surface area contributed by atoms with E-state index in [0.717, 1.165) is 5.56 Å². The number of rotatable bonds is 4. The van der Waals surface area contributed by atoms with E-state index in [1.807, 2.05) is 30.3 Å². The topological polar surface area (TPSA) is 77.9 Å². The second-order valence-electron chi connectivity index (χ2n) is 2.65. The molecule has 1 aromatic rings. The fourth-order valence-electron chi connectivity index (χ4n) is 0.948. The Hall–Kier alpha value is -2.00. The van der Waals surface area contributed by atoms with Gasteiger partial charge in [0.2, 0.25) is 5.91 Å². The van der Waals surface area contributed by atoms with Gasteiger partial charge in [0, 0.05) is 11.5 Å². The van der Waals surface area contributed by atoms with E-state index in [1.165, 1.54) is 0 Å². The van der Waals surface area contributed by atoms with Crippen LogP contribution in [0.25, 0.3) is 10.4 Å². The first-order valence-electron chi connectivity index (χ1n) is 4.14. The highest BCUT2D eigenvalue weighted by molar-refractivity contribution is 5.78. The van der Waals surface area contributed by atoms with Gasteiger partial charge in [-0.1, -0.05) is 35.4 Å². The van der Waals surface area contributed by atoms with Crippen molar-refractivity contribution in [1.29, 1.82) is 0 Å². The van der Waals surface area contributed by atoms with E-state index >= 15 is 0 Å². The van der Waals surface area contributed by atoms with Crippen LogP contribution in [-0.4, -0.2) is 12.5 Å². The highest BCUT2D eigenvalue weighted by Crippen LogP contribution is 1.96. The molecule has 0 bridgehead atoms. The summed E-state index contributed by atoms with van der Waals surface area (Å²) in [4.78, 5) is 13.5. The van der Waals surface area contributed by atoms with Gasteiger partial charge in [0.25, 0.3) is 0 Å². The molecule has 1 N–H and O–H groups in total. The van der Waals surface area contributed by atoms with Gasteiger partial charge in [0.1, 0.15) is 6.54 Å². The Labute approximate surface area is 81.4 Å². The van der Waals surface area contributed by atoms with E-state index < -0.39 is 0 Å². The van der Waals surface area contributed by atoms with Crippen LogP contribution in [0.15, 0.2) is 35.4 Å². The summed E-state index contributed by atoms with van der Waals surface area (Å²) in [6.07, 6.45) is 0. The molecule has 0 aromatic heterocycles. The molecule has 1 amide bonds. The van der Waals surface area contributed by atoms with Crippen LogP contribution in [0, 0.1) is 0 Å². The number of benzene rings is 1. The van der Waals surface area contributed by atoms with Crippen molar-refractivity contribution in [3.05, 3.63) is 46.3 Å². The Morgan fingerprint density at radius 3 is 2.79 bits per heavy atom. The van der Waals surface area contributed by atoms with Gasteiger partial charge < -0.3 is 5.32 Å². The quantitative estimate of drug-likeness (QED) is 0.437. The number of nitrogens with zero attached hydrogens (tertiary/aromatic N) is 3. The van der Waals surface area contributed by atoms with Gasteiger partial charge in [0.15, 0.2) is 0 Å². The van der Waals surface area contributed by atoms with E-state index in [0.29, 0.717) is 6.54 Å². The predicted molar refractivity (Wildman–Crippen MR) is 52.3 cm³/mol. The van der Waals surface area contributed by atoms with Gasteiger partial charge >= 0.3 is 0 Å². The molecule has 5 heteroatoms. The molecule has 1 aromatic carbocycles. The minimum Gasteiger partial charge on any atom is -0.352 e. The molecule has 0 saturated heterocycles. The van der Waals surface area contributed by atoms with Crippen LogP contribution in [0.4, 0.5) is 0 Å². The smallest absolute Gasteiger partial charge is 0.226 e. The molecule has 0 heterocycles. The first-order chi connectivity index (χ1) is 6.83. The number of carbonyl (C=O) groups excluding carboxylic acids is 1. The fraction of sp³-hybridized carbons (Fsp3) is 0.222. The van der Waals surface area contributed by atoms with Crippen molar-refractivity contribution in [3.8, 4) is 0 Å². The average molecular weight is 190 g/mol. The van der Waals surface area contributed by atoms with Gasteiger partial charge in [-0.15, -0.1) is 0 Å². The lowest BCUT2D eigenvalue weighted by Crippen LogP contribution is -2.24. The lowest BCUT2D eigenvalue weighted by Gasteiger charge is -2.02. The molecule has 0 aliphatic rings. The molecule has 14 heavy (non-hydrogen) atoms. The lowest BCUT2D eigenvalue weighted by atomic mass is 10.2. The maximum absolute atomic E-state index is 11.0. The molecule has 72 valence electrons. The van der Waals surface area contributed by atoms with Gasteiger partial charge in [-0.2, -0.15) is 0 Å². The van der Waals surface area contributed by atoms with Gasteiger partial charge in [-0.3, -0.25) is 4.79 Å². The van der Waals surface area contributed by atoms with Crippen LogP contribution in [0.5, 0.6) is 0 Å². The summed E-state index contributed by atoms with van der Waals surface area (Å²) in [5.41, 5.74) is 8.99.